The summed E-state index contributed by atoms with van der Waals surface area (Å²) in [6.07, 6.45) is 6.30. The molecule has 2 unspecified atom stereocenters. The number of furan rings is 1. The first-order valence-electron chi connectivity index (χ1n) is 6.55. The van der Waals surface area contributed by atoms with Crippen molar-refractivity contribution in [3.8, 4) is 0 Å². The van der Waals surface area contributed by atoms with E-state index in [1.165, 1.54) is 37.9 Å². The molecular formula is C14H21NO. The summed E-state index contributed by atoms with van der Waals surface area (Å²) in [5, 5.41) is 0. The van der Waals surface area contributed by atoms with Crippen molar-refractivity contribution in [1.29, 1.82) is 0 Å². The van der Waals surface area contributed by atoms with Gasteiger partial charge in [-0.3, -0.25) is 0 Å². The summed E-state index contributed by atoms with van der Waals surface area (Å²) in [6, 6.07) is 4.36. The second-order valence-electron chi connectivity index (χ2n) is 5.71. The fourth-order valence-corrected chi connectivity index (χ4v) is 3.16. The fourth-order valence-electron chi connectivity index (χ4n) is 3.16. The summed E-state index contributed by atoms with van der Waals surface area (Å²) in [6.45, 7) is 3.03. The Morgan fingerprint density at radius 1 is 1.38 bits per heavy atom. The van der Waals surface area contributed by atoms with Gasteiger partial charge in [-0.1, -0.05) is 19.8 Å². The van der Waals surface area contributed by atoms with E-state index in [1.54, 1.807) is 0 Å². The zero-order chi connectivity index (χ0) is 11.2. The van der Waals surface area contributed by atoms with Gasteiger partial charge in [0.1, 0.15) is 11.5 Å². The van der Waals surface area contributed by atoms with Crippen LogP contribution in [0.5, 0.6) is 0 Å². The van der Waals surface area contributed by atoms with Gasteiger partial charge in [-0.2, -0.15) is 0 Å². The Hall–Kier alpha value is -0.760. The molecule has 1 heterocycles. The molecule has 2 nitrogen and oxygen atoms in total. The lowest BCUT2D eigenvalue weighted by Gasteiger charge is -2.24. The van der Waals surface area contributed by atoms with Crippen molar-refractivity contribution >= 4 is 0 Å². The van der Waals surface area contributed by atoms with Gasteiger partial charge in [-0.25, -0.2) is 0 Å². The smallest absolute Gasteiger partial charge is 0.111 e. The Morgan fingerprint density at radius 3 is 2.62 bits per heavy atom. The molecule has 0 amide bonds. The standard InChI is InChI=1S/C14H21NO/c1-10-8-11(10)12-4-5-13(16-12)14(9-15)6-2-3-7-14/h4-5,10-11H,2-3,6-9,15H2,1H3. The number of rotatable bonds is 3. The van der Waals surface area contributed by atoms with Crippen molar-refractivity contribution in [3.63, 3.8) is 0 Å². The number of hydrogen-bond acceptors (Lipinski definition) is 2. The molecule has 2 fully saturated rings. The second-order valence-corrected chi connectivity index (χ2v) is 5.71. The van der Waals surface area contributed by atoms with Crippen LogP contribution < -0.4 is 5.73 Å². The third kappa shape index (κ3) is 1.51. The summed E-state index contributed by atoms with van der Waals surface area (Å²) >= 11 is 0. The average molecular weight is 219 g/mol. The van der Waals surface area contributed by atoms with E-state index in [0.717, 1.165) is 18.2 Å². The van der Waals surface area contributed by atoms with E-state index >= 15 is 0 Å². The number of hydrogen-bond donors (Lipinski definition) is 1. The lowest BCUT2D eigenvalue weighted by molar-refractivity contribution is 0.333. The third-order valence-electron chi connectivity index (χ3n) is 4.58. The predicted molar refractivity (Wildman–Crippen MR) is 64.4 cm³/mol. The van der Waals surface area contributed by atoms with E-state index in [0.29, 0.717) is 5.92 Å². The zero-order valence-corrected chi connectivity index (χ0v) is 10.0. The largest absolute Gasteiger partial charge is 0.465 e. The van der Waals surface area contributed by atoms with E-state index in [2.05, 4.69) is 19.1 Å². The highest BCUT2D eigenvalue weighted by Crippen LogP contribution is 2.49. The van der Waals surface area contributed by atoms with Gasteiger partial charge in [0.2, 0.25) is 0 Å². The molecule has 0 aliphatic heterocycles. The second kappa shape index (κ2) is 3.63. The molecule has 2 aliphatic rings. The van der Waals surface area contributed by atoms with Gasteiger partial charge >= 0.3 is 0 Å². The maximum atomic E-state index is 6.08. The highest BCUT2D eigenvalue weighted by Gasteiger charge is 2.40. The van der Waals surface area contributed by atoms with Crippen molar-refractivity contribution in [2.75, 3.05) is 6.54 Å². The first-order valence-corrected chi connectivity index (χ1v) is 6.55. The van der Waals surface area contributed by atoms with Gasteiger partial charge in [-0.05, 0) is 37.3 Å². The molecule has 0 saturated heterocycles. The Kier molecular flexibility index (Phi) is 2.36. The molecule has 1 aromatic rings. The van der Waals surface area contributed by atoms with Crippen LogP contribution in [0.1, 0.15) is 56.5 Å². The zero-order valence-electron chi connectivity index (χ0n) is 10.0. The van der Waals surface area contributed by atoms with Gasteiger partial charge in [0.25, 0.3) is 0 Å². The number of nitrogens with two attached hydrogens (primary N) is 1. The summed E-state index contributed by atoms with van der Waals surface area (Å²) in [7, 11) is 0. The van der Waals surface area contributed by atoms with E-state index in [1.807, 2.05) is 0 Å². The van der Waals surface area contributed by atoms with E-state index in [9.17, 15) is 0 Å². The van der Waals surface area contributed by atoms with Crippen LogP contribution in [0.15, 0.2) is 16.5 Å². The van der Waals surface area contributed by atoms with Crippen molar-refractivity contribution in [3.05, 3.63) is 23.7 Å². The highest BCUT2D eigenvalue weighted by atomic mass is 16.3. The molecule has 16 heavy (non-hydrogen) atoms. The summed E-state index contributed by atoms with van der Waals surface area (Å²) < 4.78 is 6.08. The Morgan fingerprint density at radius 2 is 2.06 bits per heavy atom. The molecule has 0 aromatic carbocycles. The fraction of sp³-hybridized carbons (Fsp3) is 0.714. The molecule has 2 heteroatoms. The molecule has 2 N–H and O–H groups in total. The van der Waals surface area contributed by atoms with Crippen LogP contribution in [0, 0.1) is 5.92 Å². The van der Waals surface area contributed by atoms with Gasteiger partial charge in [0, 0.05) is 17.9 Å². The van der Waals surface area contributed by atoms with Gasteiger partial charge in [0.15, 0.2) is 0 Å². The highest BCUT2D eigenvalue weighted by molar-refractivity contribution is 5.24. The molecule has 2 saturated carbocycles. The molecule has 2 aliphatic carbocycles. The van der Waals surface area contributed by atoms with Gasteiger partial charge in [-0.15, -0.1) is 0 Å². The van der Waals surface area contributed by atoms with Gasteiger partial charge in [0.05, 0.1) is 0 Å². The van der Waals surface area contributed by atoms with E-state index in [4.69, 9.17) is 10.2 Å². The van der Waals surface area contributed by atoms with Crippen LogP contribution in [0.3, 0.4) is 0 Å². The quantitative estimate of drug-likeness (QED) is 0.848. The average Bonchev–Trinajstić information content (AvgIpc) is 2.81. The normalized spacial score (nSPS) is 31.9. The molecule has 0 radical (unpaired) electrons. The first-order chi connectivity index (χ1) is 7.75. The van der Waals surface area contributed by atoms with Crippen LogP contribution in [0.2, 0.25) is 0 Å². The van der Waals surface area contributed by atoms with Crippen molar-refractivity contribution in [2.24, 2.45) is 11.7 Å². The molecule has 3 rings (SSSR count). The third-order valence-corrected chi connectivity index (χ3v) is 4.58. The van der Waals surface area contributed by atoms with Crippen molar-refractivity contribution in [1.82, 2.24) is 0 Å². The minimum absolute atomic E-state index is 0.163. The first kappa shape index (κ1) is 10.4. The van der Waals surface area contributed by atoms with Crippen LogP contribution in [0.4, 0.5) is 0 Å². The maximum absolute atomic E-state index is 6.08. The lowest BCUT2D eigenvalue weighted by atomic mass is 9.84. The topological polar surface area (TPSA) is 39.2 Å². The van der Waals surface area contributed by atoms with Crippen LogP contribution >= 0.6 is 0 Å². The van der Waals surface area contributed by atoms with E-state index < -0.39 is 0 Å². The molecule has 1 aromatic heterocycles. The summed E-state index contributed by atoms with van der Waals surface area (Å²) in [4.78, 5) is 0. The maximum Gasteiger partial charge on any atom is 0.111 e. The molecule has 2 atom stereocenters. The minimum atomic E-state index is 0.163. The van der Waals surface area contributed by atoms with Crippen molar-refractivity contribution < 1.29 is 4.42 Å². The van der Waals surface area contributed by atoms with Crippen LogP contribution in [-0.2, 0) is 5.41 Å². The van der Waals surface area contributed by atoms with Gasteiger partial charge < -0.3 is 10.2 Å². The molecule has 88 valence electrons. The monoisotopic (exact) mass is 219 g/mol. The minimum Gasteiger partial charge on any atom is -0.465 e. The van der Waals surface area contributed by atoms with Crippen LogP contribution in [-0.4, -0.2) is 6.54 Å². The summed E-state index contributed by atoms with van der Waals surface area (Å²) in [5.41, 5.74) is 6.13. The van der Waals surface area contributed by atoms with Crippen LogP contribution in [0.25, 0.3) is 0 Å². The lowest BCUT2D eigenvalue weighted by Crippen LogP contribution is -2.31. The Balaban J connectivity index is 1.85. The molecule has 0 bridgehead atoms. The Bertz CT molecular complexity index is 376. The molecular weight excluding hydrogens is 198 g/mol. The Labute approximate surface area is 97.2 Å². The SMILES string of the molecule is CC1CC1c1ccc(C2(CN)CCCC2)o1. The predicted octanol–water partition coefficient (Wildman–Crippen LogP) is 3.17. The van der Waals surface area contributed by atoms with E-state index in [-0.39, 0.29) is 5.41 Å². The summed E-state index contributed by atoms with van der Waals surface area (Å²) in [5.74, 6) is 3.85. The molecule has 0 spiro atoms. The van der Waals surface area contributed by atoms with Crippen molar-refractivity contribution in [2.45, 2.75) is 50.4 Å².